The molecule has 1 aromatic heterocycles. The molecule has 3 N–H and O–H groups in total. The summed E-state index contributed by atoms with van der Waals surface area (Å²) in [6.45, 7) is 2.83. The van der Waals surface area contributed by atoms with Crippen molar-refractivity contribution in [3.8, 4) is 0 Å². The molecular weight excluding hydrogens is 238 g/mol. The van der Waals surface area contributed by atoms with Crippen molar-refractivity contribution in [1.82, 2.24) is 4.98 Å². The normalized spacial score (nSPS) is 11.9. The van der Waals surface area contributed by atoms with Crippen LogP contribution in [0.3, 0.4) is 0 Å². The number of nitrogens with two attached hydrogens (primary N) is 1. The zero-order chi connectivity index (χ0) is 12.8. The molecule has 0 fully saturated rings. The van der Waals surface area contributed by atoms with E-state index in [1.165, 1.54) is 13.3 Å². The van der Waals surface area contributed by atoms with Gasteiger partial charge in [0.2, 0.25) is 0 Å². The third kappa shape index (κ3) is 3.52. The van der Waals surface area contributed by atoms with Gasteiger partial charge in [-0.3, -0.25) is 0 Å². The van der Waals surface area contributed by atoms with Crippen molar-refractivity contribution in [3.63, 3.8) is 0 Å². The highest BCUT2D eigenvalue weighted by atomic mass is 32.2. The van der Waals surface area contributed by atoms with Crippen LogP contribution in [0.5, 0.6) is 0 Å². The largest absolute Gasteiger partial charge is 0.465 e. The van der Waals surface area contributed by atoms with Crippen LogP contribution in [0.4, 0.5) is 11.5 Å². The lowest BCUT2D eigenvalue weighted by molar-refractivity contribution is 0.0602. The minimum Gasteiger partial charge on any atom is -0.465 e. The summed E-state index contributed by atoms with van der Waals surface area (Å²) in [5, 5.41) is 3.56. The predicted octanol–water partition coefficient (Wildman–Crippen LogP) is 1.61. The molecule has 1 rings (SSSR count). The Bertz CT molecular complexity index is 398. The molecule has 0 aliphatic rings. The Morgan fingerprint density at radius 2 is 2.41 bits per heavy atom. The van der Waals surface area contributed by atoms with Crippen LogP contribution in [0.25, 0.3) is 0 Å². The van der Waals surface area contributed by atoms with Gasteiger partial charge in [0.15, 0.2) is 0 Å². The number of methoxy groups -OCH3 is 1. The van der Waals surface area contributed by atoms with Gasteiger partial charge in [-0.2, -0.15) is 11.8 Å². The summed E-state index contributed by atoms with van der Waals surface area (Å²) >= 11 is 1.74. The van der Waals surface area contributed by atoms with E-state index < -0.39 is 5.97 Å². The maximum Gasteiger partial charge on any atom is 0.340 e. The zero-order valence-electron chi connectivity index (χ0n) is 10.2. The van der Waals surface area contributed by atoms with Gasteiger partial charge in [0.25, 0.3) is 0 Å². The number of nitrogens with zero attached hydrogens (tertiary/aromatic N) is 1. The first kappa shape index (κ1) is 13.6. The lowest BCUT2D eigenvalue weighted by Crippen LogP contribution is -2.16. The van der Waals surface area contributed by atoms with E-state index in [0.717, 1.165) is 6.54 Å². The molecule has 17 heavy (non-hydrogen) atoms. The van der Waals surface area contributed by atoms with Crippen molar-refractivity contribution in [3.05, 3.63) is 17.8 Å². The summed E-state index contributed by atoms with van der Waals surface area (Å²) in [5.74, 6) is 0.0691. The maximum atomic E-state index is 11.4. The van der Waals surface area contributed by atoms with Gasteiger partial charge in [-0.05, 0) is 12.3 Å². The second-order valence-electron chi connectivity index (χ2n) is 3.54. The summed E-state index contributed by atoms with van der Waals surface area (Å²) in [6, 6.07) is 1.55. The van der Waals surface area contributed by atoms with Crippen molar-refractivity contribution in [1.29, 1.82) is 0 Å². The van der Waals surface area contributed by atoms with E-state index in [1.54, 1.807) is 17.8 Å². The number of pyridine rings is 1. The lowest BCUT2D eigenvalue weighted by Gasteiger charge is -2.13. The fourth-order valence-corrected chi connectivity index (χ4v) is 1.48. The summed E-state index contributed by atoms with van der Waals surface area (Å²) < 4.78 is 4.64. The molecule has 1 aromatic rings. The topological polar surface area (TPSA) is 77.2 Å². The van der Waals surface area contributed by atoms with Crippen LogP contribution in [0.2, 0.25) is 0 Å². The number of carbonyl (C=O) groups excluding carboxylic acids is 1. The Labute approximate surface area is 105 Å². The number of thioether (sulfide) groups is 1. The Kier molecular flexibility index (Phi) is 5.09. The van der Waals surface area contributed by atoms with Crippen molar-refractivity contribution in [2.75, 3.05) is 31.0 Å². The molecule has 94 valence electrons. The lowest BCUT2D eigenvalue weighted by atomic mass is 10.2. The Balaban J connectivity index is 2.83. The average molecular weight is 255 g/mol. The number of hydrogen-bond donors (Lipinski definition) is 2. The highest BCUT2D eigenvalue weighted by Gasteiger charge is 2.13. The van der Waals surface area contributed by atoms with E-state index in [0.29, 0.717) is 22.3 Å². The number of esters is 1. The van der Waals surface area contributed by atoms with E-state index in [-0.39, 0.29) is 0 Å². The fourth-order valence-electron chi connectivity index (χ4n) is 1.23. The molecule has 0 radical (unpaired) electrons. The maximum absolute atomic E-state index is 11.4. The van der Waals surface area contributed by atoms with Gasteiger partial charge in [-0.25, -0.2) is 9.78 Å². The number of carbonyl (C=O) groups is 1. The van der Waals surface area contributed by atoms with Crippen LogP contribution in [-0.4, -0.2) is 36.1 Å². The number of hydrogen-bond acceptors (Lipinski definition) is 6. The first-order chi connectivity index (χ1) is 8.10. The van der Waals surface area contributed by atoms with Crippen molar-refractivity contribution in [2.45, 2.75) is 12.2 Å². The number of rotatable bonds is 5. The van der Waals surface area contributed by atoms with Crippen molar-refractivity contribution >= 4 is 29.2 Å². The molecule has 0 aromatic carbocycles. The Morgan fingerprint density at radius 3 is 3.00 bits per heavy atom. The van der Waals surface area contributed by atoms with E-state index in [2.05, 4.69) is 22.0 Å². The summed E-state index contributed by atoms with van der Waals surface area (Å²) in [4.78, 5) is 15.5. The Hall–Kier alpha value is -1.43. The predicted molar refractivity (Wildman–Crippen MR) is 71.5 cm³/mol. The molecule has 6 heteroatoms. The van der Waals surface area contributed by atoms with Crippen molar-refractivity contribution in [2.24, 2.45) is 0 Å². The second kappa shape index (κ2) is 6.34. The number of anilines is 2. The molecule has 0 aliphatic carbocycles. The Morgan fingerprint density at radius 1 is 1.71 bits per heavy atom. The molecule has 0 saturated heterocycles. The number of nitrogens with one attached hydrogen (secondary N) is 1. The molecule has 1 heterocycles. The number of ether oxygens (including phenoxy) is 1. The molecule has 0 saturated carbocycles. The van der Waals surface area contributed by atoms with Gasteiger partial charge in [0, 0.05) is 18.0 Å². The van der Waals surface area contributed by atoms with E-state index in [4.69, 9.17) is 5.73 Å². The number of aromatic nitrogens is 1. The van der Waals surface area contributed by atoms with Crippen LogP contribution < -0.4 is 11.1 Å². The summed E-state index contributed by atoms with van der Waals surface area (Å²) in [6.07, 6.45) is 3.57. The van der Waals surface area contributed by atoms with Crippen LogP contribution in [0.1, 0.15) is 17.3 Å². The molecule has 1 atom stereocenters. The van der Waals surface area contributed by atoms with Gasteiger partial charge < -0.3 is 15.8 Å². The highest BCUT2D eigenvalue weighted by Crippen LogP contribution is 2.21. The van der Waals surface area contributed by atoms with E-state index in [1.807, 2.05) is 6.26 Å². The second-order valence-corrected chi connectivity index (χ2v) is 4.82. The summed E-state index contributed by atoms with van der Waals surface area (Å²) in [7, 11) is 1.32. The number of nitrogen functional groups attached to an aromatic ring is 1. The standard InChI is InChI=1S/C11H17N3O2S/c1-7(17-3)6-14-10-9(12)8(4-5-13-10)11(15)16-2/h4-5,7H,6,12H2,1-3H3,(H,13,14). The average Bonchev–Trinajstić information content (AvgIpc) is 2.36. The van der Waals surface area contributed by atoms with Gasteiger partial charge in [0.05, 0.1) is 18.4 Å². The molecule has 0 bridgehead atoms. The van der Waals surface area contributed by atoms with Gasteiger partial charge >= 0.3 is 5.97 Å². The van der Waals surface area contributed by atoms with Crippen LogP contribution in [-0.2, 0) is 4.74 Å². The SMILES string of the molecule is COC(=O)c1ccnc(NCC(C)SC)c1N. The highest BCUT2D eigenvalue weighted by molar-refractivity contribution is 7.99. The van der Waals surface area contributed by atoms with Crippen molar-refractivity contribution < 1.29 is 9.53 Å². The molecule has 1 unspecified atom stereocenters. The van der Waals surface area contributed by atoms with Crippen LogP contribution in [0, 0.1) is 0 Å². The van der Waals surface area contributed by atoms with Gasteiger partial charge in [-0.1, -0.05) is 6.92 Å². The van der Waals surface area contributed by atoms with E-state index >= 15 is 0 Å². The van der Waals surface area contributed by atoms with Crippen LogP contribution in [0.15, 0.2) is 12.3 Å². The monoisotopic (exact) mass is 255 g/mol. The zero-order valence-corrected chi connectivity index (χ0v) is 11.0. The first-order valence-electron chi connectivity index (χ1n) is 5.19. The summed E-state index contributed by atoms with van der Waals surface area (Å²) in [5.41, 5.74) is 6.52. The third-order valence-electron chi connectivity index (χ3n) is 2.35. The van der Waals surface area contributed by atoms with Crippen LogP contribution >= 0.6 is 11.8 Å². The van der Waals surface area contributed by atoms with E-state index in [9.17, 15) is 4.79 Å². The minimum atomic E-state index is -0.453. The minimum absolute atomic E-state index is 0.327. The quantitative estimate of drug-likeness (QED) is 0.778. The molecular formula is C11H17N3O2S. The molecule has 0 amide bonds. The molecule has 0 aliphatic heterocycles. The third-order valence-corrected chi connectivity index (χ3v) is 3.33. The fraction of sp³-hybridized carbons (Fsp3) is 0.455. The molecule has 5 nitrogen and oxygen atoms in total. The van der Waals surface area contributed by atoms with Gasteiger partial charge in [0.1, 0.15) is 5.82 Å². The first-order valence-corrected chi connectivity index (χ1v) is 6.48. The molecule has 0 spiro atoms. The van der Waals surface area contributed by atoms with Gasteiger partial charge in [-0.15, -0.1) is 0 Å². The smallest absolute Gasteiger partial charge is 0.340 e.